The summed E-state index contributed by atoms with van der Waals surface area (Å²) in [5.41, 5.74) is 7.39. The summed E-state index contributed by atoms with van der Waals surface area (Å²) in [4.78, 5) is 16.2. The van der Waals surface area contributed by atoms with E-state index in [0.29, 0.717) is 36.2 Å². The molecule has 0 amide bonds. The number of methoxy groups -OCH3 is 1. The fourth-order valence-corrected chi connectivity index (χ4v) is 3.53. The third kappa shape index (κ3) is 19.5. The number of carbonyl (C=O) groups excluding carboxylic acids is 1. The van der Waals surface area contributed by atoms with Gasteiger partial charge in [0.05, 0.1) is 7.11 Å². The van der Waals surface area contributed by atoms with Crippen LogP contribution < -0.4 is 132 Å². The molecule has 5 rings (SSSR count). The number of anilines is 1. The zero-order valence-corrected chi connectivity index (χ0v) is 37.3. The molecule has 15 heteroatoms. The van der Waals surface area contributed by atoms with Crippen LogP contribution >= 0.6 is 39.1 Å². The van der Waals surface area contributed by atoms with Gasteiger partial charge in [-0.3, -0.25) is 10.9 Å². The maximum Gasteiger partial charge on any atom is 1.00 e. The molecule has 2 aliphatic rings. The van der Waals surface area contributed by atoms with Crippen LogP contribution in [0.15, 0.2) is 70.4 Å². The molecule has 3 aromatic rings. The first-order valence-corrected chi connectivity index (χ1v) is 14.2. The second-order valence-corrected chi connectivity index (χ2v) is 9.66. The Balaban J connectivity index is 0.000000611. The van der Waals surface area contributed by atoms with Gasteiger partial charge in [-0.2, -0.15) is 4.98 Å². The number of alkyl halides is 1. The van der Waals surface area contributed by atoms with Crippen molar-refractivity contribution >= 4 is 57.0 Å². The summed E-state index contributed by atoms with van der Waals surface area (Å²) in [6.07, 6.45) is 11.1. The third-order valence-corrected chi connectivity index (χ3v) is 6.08. The normalized spacial score (nSPS) is 12.7. The van der Waals surface area contributed by atoms with Crippen molar-refractivity contribution < 1.29 is 136 Å². The predicted octanol–water partition coefficient (Wildman–Crippen LogP) is -1.37. The van der Waals surface area contributed by atoms with Crippen LogP contribution in [-0.4, -0.2) is 65.8 Å². The van der Waals surface area contributed by atoms with Gasteiger partial charge >= 0.3 is 128 Å². The Kier molecular flexibility index (Phi) is 26.5. The monoisotopic (exact) mass is 834 g/mol. The summed E-state index contributed by atoms with van der Waals surface area (Å²) in [6.45, 7) is 3.45. The number of halogens is 3. The number of hydrogen-bond acceptors (Lipinski definition) is 9. The van der Waals surface area contributed by atoms with E-state index in [1.54, 1.807) is 12.1 Å². The van der Waals surface area contributed by atoms with E-state index in [0.717, 1.165) is 35.8 Å². The number of aromatic nitrogens is 2. The van der Waals surface area contributed by atoms with Crippen LogP contribution in [0.25, 0.3) is 0 Å². The second-order valence-electron chi connectivity index (χ2n) is 8.23. The van der Waals surface area contributed by atoms with Gasteiger partial charge < -0.3 is 42.6 Å². The smallest absolute Gasteiger partial charge is 0.485 e. The minimum atomic E-state index is -0.241. The molecule has 1 aromatic heterocycles. The van der Waals surface area contributed by atoms with Crippen LogP contribution in [0.3, 0.4) is 0 Å². The molecule has 43 heavy (non-hydrogen) atoms. The van der Waals surface area contributed by atoms with E-state index in [4.69, 9.17) is 38.7 Å². The van der Waals surface area contributed by atoms with Gasteiger partial charge in [-0.05, 0) is 41.9 Å². The minimum absolute atomic E-state index is 0. The number of nitrogens with zero attached hydrogens (tertiary/aromatic N) is 4. The number of hydrogen-bond donors (Lipinski definition) is 3. The zero-order valence-electron chi connectivity index (χ0n) is 24.4. The zero-order chi connectivity index (χ0) is 29.9. The third-order valence-electron chi connectivity index (χ3n) is 5.12. The van der Waals surface area contributed by atoms with Gasteiger partial charge in [-0.15, -0.1) is 13.1 Å². The summed E-state index contributed by atoms with van der Waals surface area (Å²) >= 11 is 14.4. The summed E-state index contributed by atoms with van der Waals surface area (Å²) in [5.74, 6) is 0.631. The molecule has 0 saturated heterocycles. The molecule has 0 aliphatic carbocycles. The van der Waals surface area contributed by atoms with E-state index in [2.05, 4.69) is 53.4 Å². The number of amidine groups is 1. The number of benzene rings is 2. The fraction of sp³-hybridized carbons (Fsp3) is 0.286. The van der Waals surface area contributed by atoms with Crippen LogP contribution in [0, 0.1) is 12.2 Å². The standard InChI is InChI=1S/C13H11ClN3O.C8H9ClN2O.C4H6N.C3H5BrO2.2Rb/c14-11-5-3-10(4-6-11)9-12-15-13(18-16-12)17-7-1-2-8-17;9-7-3-1-6(2-4-7)5-8(10)11-12;1-2-4-5-3-1;1-6-3(5)2-4;;/h1,3-6H,7-9H2;1-4,12H,5H2,(H2,10,11);1,5H,3-4H2;2H2,1H3;;/q-1;;-1;;2*+1. The summed E-state index contributed by atoms with van der Waals surface area (Å²) in [7, 11) is 1.35. The van der Waals surface area contributed by atoms with Gasteiger partial charge in [-0.1, -0.05) is 73.7 Å². The number of ether oxygens (including phenoxy) is 1. The van der Waals surface area contributed by atoms with Crippen molar-refractivity contribution in [3.63, 3.8) is 0 Å². The van der Waals surface area contributed by atoms with E-state index in [1.807, 2.05) is 53.5 Å². The first-order valence-electron chi connectivity index (χ1n) is 12.3. The first kappa shape index (κ1) is 43.2. The van der Waals surface area contributed by atoms with Crippen molar-refractivity contribution in [3.8, 4) is 0 Å². The van der Waals surface area contributed by atoms with Gasteiger partial charge in [-0.25, -0.2) is 6.08 Å². The molecule has 0 saturated carbocycles. The molecule has 0 bridgehead atoms. The van der Waals surface area contributed by atoms with E-state index >= 15 is 0 Å². The molecule has 0 spiro atoms. The molecule has 0 radical (unpaired) electrons. The summed E-state index contributed by atoms with van der Waals surface area (Å²) in [6, 6.07) is 15.4. The van der Waals surface area contributed by atoms with Crippen molar-refractivity contribution in [3.05, 3.63) is 99.8 Å². The fourth-order valence-electron chi connectivity index (χ4n) is 3.05. The topological polar surface area (TPSA) is 139 Å². The average molecular weight is 837 g/mol. The largest absolute Gasteiger partial charge is 1.00 e. The van der Waals surface area contributed by atoms with E-state index in [1.165, 1.54) is 7.11 Å². The maximum atomic E-state index is 9.91. The number of oxime groups is 1. The molecular formula is C28H31BrCl2N6O4Rb2. The van der Waals surface area contributed by atoms with E-state index in [-0.39, 0.29) is 134 Å². The van der Waals surface area contributed by atoms with E-state index in [9.17, 15) is 4.79 Å². The second kappa shape index (κ2) is 26.3. The molecule has 0 fully saturated rings. The minimum Gasteiger partial charge on any atom is -0.485 e. The van der Waals surface area contributed by atoms with Crippen molar-refractivity contribution in [1.29, 1.82) is 0 Å². The van der Waals surface area contributed by atoms with Gasteiger partial charge in [0.25, 0.3) is 0 Å². The molecule has 3 heterocycles. The maximum absolute atomic E-state index is 9.91. The van der Waals surface area contributed by atoms with Crippen molar-refractivity contribution in [1.82, 2.24) is 15.5 Å². The van der Waals surface area contributed by atoms with Crippen LogP contribution in [0.4, 0.5) is 6.01 Å². The number of nitrogens with one attached hydrogen (secondary N) is 1. The van der Waals surface area contributed by atoms with Gasteiger partial charge in [0.15, 0.2) is 5.82 Å². The summed E-state index contributed by atoms with van der Waals surface area (Å²) < 4.78 is 9.44. The molecule has 0 atom stereocenters. The van der Waals surface area contributed by atoms with Gasteiger partial charge in [0, 0.05) is 29.4 Å². The Morgan fingerprint density at radius 2 is 1.74 bits per heavy atom. The molecule has 220 valence electrons. The number of nitrogens with two attached hydrogens (primary N) is 1. The van der Waals surface area contributed by atoms with Crippen LogP contribution in [0.2, 0.25) is 10.0 Å². The molecule has 2 aliphatic heterocycles. The molecule has 0 unspecified atom stereocenters. The Labute approximate surface area is 368 Å². The van der Waals surface area contributed by atoms with Gasteiger partial charge in [0.1, 0.15) is 11.2 Å². The quantitative estimate of drug-likeness (QED) is 0.0523. The van der Waals surface area contributed by atoms with Gasteiger partial charge in [0.2, 0.25) is 0 Å². The number of carbonyl (C=O) groups is 1. The van der Waals surface area contributed by atoms with Crippen LogP contribution in [0.5, 0.6) is 0 Å². The predicted molar refractivity (Wildman–Crippen MR) is 164 cm³/mol. The van der Waals surface area contributed by atoms with Crippen LogP contribution in [0.1, 0.15) is 17.0 Å². The number of esters is 1. The summed E-state index contributed by atoms with van der Waals surface area (Å²) in [5, 5.41) is 19.9. The van der Waals surface area contributed by atoms with Crippen molar-refractivity contribution in [2.24, 2.45) is 10.9 Å². The average Bonchev–Trinajstić information content (AvgIpc) is 3.80. The Morgan fingerprint density at radius 3 is 2.16 bits per heavy atom. The SMILES string of the molecule is COC(=O)CBr.Clc1ccc(Cc2noc(N3C[C-]=CC3)n2)cc1.N/C(Cc1ccc(Cl)cc1)=N\O.[C-]1=CCNC1.[Rb+].[Rb+]. The Morgan fingerprint density at radius 1 is 1.12 bits per heavy atom. The first-order chi connectivity index (χ1) is 19.8. The van der Waals surface area contributed by atoms with Crippen molar-refractivity contribution in [2.75, 3.05) is 43.5 Å². The molecular weight excluding hydrogens is 806 g/mol. The van der Waals surface area contributed by atoms with Crippen molar-refractivity contribution in [2.45, 2.75) is 12.8 Å². The van der Waals surface area contributed by atoms with E-state index < -0.39 is 0 Å². The molecule has 2 aromatic carbocycles. The Hall–Kier alpha value is 0.230. The number of rotatable bonds is 6. The molecule has 4 N–H and O–H groups in total. The van der Waals surface area contributed by atoms with Crippen LogP contribution in [-0.2, 0) is 22.4 Å². The Bertz CT molecular complexity index is 1260. The molecule has 10 nitrogen and oxygen atoms in total.